The first-order chi connectivity index (χ1) is 6.92. The standard InChI is InChI=1S/C9H14F3N3/c1-13-7(3-5-9(10,11)12)8-4-6-15(2)14-8/h4,6-7,13H,3,5H2,1-2H3. The topological polar surface area (TPSA) is 29.9 Å². The molecule has 0 aliphatic heterocycles. The first kappa shape index (κ1) is 12.0. The lowest BCUT2D eigenvalue weighted by Gasteiger charge is -2.14. The zero-order valence-electron chi connectivity index (χ0n) is 8.67. The maximum atomic E-state index is 12.0. The Kier molecular flexibility index (Phi) is 3.73. The van der Waals surface area contributed by atoms with E-state index in [9.17, 15) is 13.2 Å². The molecule has 0 fully saturated rings. The van der Waals surface area contributed by atoms with Gasteiger partial charge in [0.05, 0.1) is 11.7 Å². The van der Waals surface area contributed by atoms with Crippen LogP contribution in [0.15, 0.2) is 12.3 Å². The third-order valence-corrected chi connectivity index (χ3v) is 2.16. The summed E-state index contributed by atoms with van der Waals surface area (Å²) in [6, 6.07) is 1.38. The molecule has 15 heavy (non-hydrogen) atoms. The zero-order valence-corrected chi connectivity index (χ0v) is 8.67. The lowest BCUT2D eigenvalue weighted by molar-refractivity contribution is -0.136. The number of rotatable bonds is 4. The van der Waals surface area contributed by atoms with Gasteiger partial charge in [0.2, 0.25) is 0 Å². The van der Waals surface area contributed by atoms with Gasteiger partial charge in [-0.1, -0.05) is 0 Å². The van der Waals surface area contributed by atoms with Crippen molar-refractivity contribution in [1.29, 1.82) is 0 Å². The van der Waals surface area contributed by atoms with Crippen molar-refractivity contribution in [2.75, 3.05) is 7.05 Å². The first-order valence-electron chi connectivity index (χ1n) is 4.66. The molecular formula is C9H14F3N3. The Bertz CT molecular complexity index is 306. The lowest BCUT2D eigenvalue weighted by atomic mass is 10.1. The smallest absolute Gasteiger partial charge is 0.312 e. The average molecular weight is 221 g/mol. The molecule has 1 heterocycles. The van der Waals surface area contributed by atoms with Crippen LogP contribution in [-0.4, -0.2) is 23.0 Å². The van der Waals surface area contributed by atoms with Crippen molar-refractivity contribution in [3.05, 3.63) is 18.0 Å². The van der Waals surface area contributed by atoms with Crippen LogP contribution in [0.2, 0.25) is 0 Å². The van der Waals surface area contributed by atoms with E-state index in [1.54, 1.807) is 31.0 Å². The van der Waals surface area contributed by atoms with Crippen LogP contribution in [0.4, 0.5) is 13.2 Å². The summed E-state index contributed by atoms with van der Waals surface area (Å²) in [5.74, 6) is 0. The number of alkyl halides is 3. The van der Waals surface area contributed by atoms with Crippen molar-refractivity contribution in [3.63, 3.8) is 0 Å². The first-order valence-corrected chi connectivity index (χ1v) is 4.66. The molecule has 1 aromatic rings. The van der Waals surface area contributed by atoms with Crippen LogP contribution < -0.4 is 5.32 Å². The Balaban J connectivity index is 2.57. The average Bonchev–Trinajstić information content (AvgIpc) is 2.51. The molecule has 1 aromatic heterocycles. The molecule has 0 aliphatic carbocycles. The number of aromatic nitrogens is 2. The van der Waals surface area contributed by atoms with Gasteiger partial charge in [-0.25, -0.2) is 0 Å². The highest BCUT2D eigenvalue weighted by Crippen LogP contribution is 2.26. The molecule has 3 nitrogen and oxygen atoms in total. The zero-order chi connectivity index (χ0) is 11.5. The molecule has 0 spiro atoms. The summed E-state index contributed by atoms with van der Waals surface area (Å²) < 4.78 is 37.6. The lowest BCUT2D eigenvalue weighted by Crippen LogP contribution is -2.20. The minimum atomic E-state index is -4.11. The Labute approximate surface area is 86.3 Å². The van der Waals surface area contributed by atoms with Crippen LogP contribution in [0.3, 0.4) is 0 Å². The number of hydrogen-bond acceptors (Lipinski definition) is 2. The third-order valence-electron chi connectivity index (χ3n) is 2.16. The van der Waals surface area contributed by atoms with E-state index >= 15 is 0 Å². The molecule has 1 N–H and O–H groups in total. The second-order valence-corrected chi connectivity index (χ2v) is 3.41. The number of nitrogens with zero attached hydrogens (tertiary/aromatic N) is 2. The van der Waals surface area contributed by atoms with E-state index in [1.165, 1.54) is 0 Å². The van der Waals surface area contributed by atoms with Gasteiger partial charge in [-0.3, -0.25) is 4.68 Å². The van der Waals surface area contributed by atoms with E-state index in [2.05, 4.69) is 10.4 Å². The molecule has 1 unspecified atom stereocenters. The van der Waals surface area contributed by atoms with Crippen molar-refractivity contribution < 1.29 is 13.2 Å². The fourth-order valence-corrected chi connectivity index (χ4v) is 1.37. The highest BCUT2D eigenvalue weighted by molar-refractivity contribution is 5.05. The van der Waals surface area contributed by atoms with Crippen LogP contribution >= 0.6 is 0 Å². The monoisotopic (exact) mass is 221 g/mol. The highest BCUT2D eigenvalue weighted by atomic mass is 19.4. The number of aryl methyl sites for hydroxylation is 1. The molecule has 1 rings (SSSR count). The predicted molar refractivity (Wildman–Crippen MR) is 50.3 cm³/mol. The second-order valence-electron chi connectivity index (χ2n) is 3.41. The summed E-state index contributed by atoms with van der Waals surface area (Å²) in [5.41, 5.74) is 0.643. The van der Waals surface area contributed by atoms with Gasteiger partial charge in [-0.05, 0) is 19.5 Å². The molecule has 0 amide bonds. The molecule has 0 radical (unpaired) electrons. The summed E-state index contributed by atoms with van der Waals surface area (Å²) >= 11 is 0. The van der Waals surface area contributed by atoms with Crippen molar-refractivity contribution in [1.82, 2.24) is 15.1 Å². The summed E-state index contributed by atoms with van der Waals surface area (Å²) in [6.45, 7) is 0. The quantitative estimate of drug-likeness (QED) is 0.843. The molecule has 0 bridgehead atoms. The molecule has 0 aliphatic rings. The molecular weight excluding hydrogens is 207 g/mol. The molecule has 0 saturated heterocycles. The summed E-state index contributed by atoms with van der Waals surface area (Å²) in [4.78, 5) is 0. The fraction of sp³-hybridized carbons (Fsp3) is 0.667. The maximum Gasteiger partial charge on any atom is 0.389 e. The van der Waals surface area contributed by atoms with Crippen LogP contribution in [-0.2, 0) is 7.05 Å². The van der Waals surface area contributed by atoms with Gasteiger partial charge >= 0.3 is 6.18 Å². The molecule has 0 aromatic carbocycles. The van der Waals surface area contributed by atoms with Gasteiger partial charge in [-0.15, -0.1) is 0 Å². The van der Waals surface area contributed by atoms with Crippen LogP contribution in [0.5, 0.6) is 0 Å². The van der Waals surface area contributed by atoms with Crippen LogP contribution in [0.1, 0.15) is 24.6 Å². The Morgan fingerprint density at radius 1 is 1.53 bits per heavy atom. The summed E-state index contributed by atoms with van der Waals surface area (Å²) in [7, 11) is 3.37. The van der Waals surface area contributed by atoms with Gasteiger partial charge in [0.25, 0.3) is 0 Å². The number of halogens is 3. The van der Waals surface area contributed by atoms with Gasteiger partial charge in [0.1, 0.15) is 0 Å². The van der Waals surface area contributed by atoms with Gasteiger partial charge in [-0.2, -0.15) is 18.3 Å². The highest BCUT2D eigenvalue weighted by Gasteiger charge is 2.28. The van der Waals surface area contributed by atoms with E-state index in [4.69, 9.17) is 0 Å². The van der Waals surface area contributed by atoms with E-state index < -0.39 is 12.6 Å². The summed E-state index contributed by atoms with van der Waals surface area (Å²) in [6.07, 6.45) is -3.18. The Morgan fingerprint density at radius 3 is 2.60 bits per heavy atom. The van der Waals surface area contributed by atoms with Gasteiger partial charge in [0, 0.05) is 19.7 Å². The van der Waals surface area contributed by atoms with E-state index in [0.717, 1.165) is 0 Å². The van der Waals surface area contributed by atoms with E-state index in [-0.39, 0.29) is 12.5 Å². The summed E-state index contributed by atoms with van der Waals surface area (Å²) in [5, 5.41) is 6.90. The van der Waals surface area contributed by atoms with Crippen molar-refractivity contribution >= 4 is 0 Å². The fourth-order valence-electron chi connectivity index (χ4n) is 1.37. The molecule has 6 heteroatoms. The van der Waals surface area contributed by atoms with Crippen molar-refractivity contribution in [2.45, 2.75) is 25.1 Å². The van der Waals surface area contributed by atoms with Crippen LogP contribution in [0.25, 0.3) is 0 Å². The SMILES string of the molecule is CNC(CCC(F)(F)F)c1ccn(C)n1. The number of hydrogen-bond donors (Lipinski definition) is 1. The Hall–Kier alpha value is -1.04. The maximum absolute atomic E-state index is 12.0. The second kappa shape index (κ2) is 4.65. The molecule has 1 atom stereocenters. The normalized spacial score (nSPS) is 14.2. The number of nitrogens with one attached hydrogen (secondary N) is 1. The van der Waals surface area contributed by atoms with E-state index in [1.807, 2.05) is 0 Å². The minimum absolute atomic E-state index is 0.0109. The molecule has 0 saturated carbocycles. The van der Waals surface area contributed by atoms with Gasteiger partial charge < -0.3 is 5.32 Å². The predicted octanol–water partition coefficient (Wildman–Crippen LogP) is 2.02. The van der Waals surface area contributed by atoms with Crippen molar-refractivity contribution in [2.24, 2.45) is 7.05 Å². The Morgan fingerprint density at radius 2 is 2.20 bits per heavy atom. The van der Waals surface area contributed by atoms with Gasteiger partial charge in [0.15, 0.2) is 0 Å². The van der Waals surface area contributed by atoms with E-state index in [0.29, 0.717) is 5.69 Å². The minimum Gasteiger partial charge on any atom is -0.312 e. The molecule has 86 valence electrons. The van der Waals surface area contributed by atoms with Crippen molar-refractivity contribution in [3.8, 4) is 0 Å². The van der Waals surface area contributed by atoms with Crippen LogP contribution in [0, 0.1) is 0 Å². The third kappa shape index (κ3) is 3.91. The largest absolute Gasteiger partial charge is 0.389 e.